The Kier molecular flexibility index (Phi) is 15.1. The molecule has 1 aliphatic rings. The lowest BCUT2D eigenvalue weighted by Crippen LogP contribution is -2.55. The molecule has 0 saturated carbocycles. The van der Waals surface area contributed by atoms with Crippen LogP contribution in [0.3, 0.4) is 0 Å². The number of rotatable bonds is 20. The van der Waals surface area contributed by atoms with Gasteiger partial charge in [-0.2, -0.15) is 0 Å². The number of aliphatic imine (C=N–C) groups is 1. The first-order valence-corrected chi connectivity index (χ1v) is 19.4. The van der Waals surface area contributed by atoms with Gasteiger partial charge in [0, 0.05) is 30.8 Å². The van der Waals surface area contributed by atoms with Crippen molar-refractivity contribution in [2.75, 3.05) is 23.7 Å². The number of amides is 3. The SMILES string of the molecule is C=C(Nc1ccc(CC(=O)CN[C@@H](Cc2ccccc2)C(N)=N[C@@H](CC)C(=O)N[C@@H](Cc2ccccc2)C(=O)N2CCC[C@@H]2C(N)=O)cc1)Nc1ccccc1C. The van der Waals surface area contributed by atoms with Gasteiger partial charge in [-0.1, -0.05) is 104 Å². The number of aryl methyl sites for hydroxylation is 1. The van der Waals surface area contributed by atoms with Crippen LogP contribution in [-0.4, -0.2) is 71.5 Å². The van der Waals surface area contributed by atoms with Crippen LogP contribution in [0.25, 0.3) is 0 Å². The molecule has 12 heteroatoms. The maximum Gasteiger partial charge on any atom is 0.246 e. The second-order valence-electron chi connectivity index (χ2n) is 14.4. The number of benzene rings is 4. The maximum atomic E-state index is 13.9. The molecule has 8 N–H and O–H groups in total. The molecule has 1 aliphatic heterocycles. The lowest BCUT2D eigenvalue weighted by molar-refractivity contribution is -0.140. The molecule has 0 spiro atoms. The zero-order valence-corrected chi connectivity index (χ0v) is 32.7. The average Bonchev–Trinajstić information content (AvgIpc) is 3.71. The molecule has 1 fully saturated rings. The summed E-state index contributed by atoms with van der Waals surface area (Å²) < 4.78 is 0. The van der Waals surface area contributed by atoms with Crippen LogP contribution in [-0.2, 0) is 38.4 Å². The largest absolute Gasteiger partial charge is 0.386 e. The number of anilines is 2. The smallest absolute Gasteiger partial charge is 0.246 e. The van der Waals surface area contributed by atoms with Crippen molar-refractivity contribution in [2.45, 2.75) is 76.5 Å². The molecule has 4 atom stereocenters. The number of nitrogens with zero attached hydrogens (tertiary/aromatic N) is 2. The maximum absolute atomic E-state index is 13.9. The van der Waals surface area contributed by atoms with E-state index in [-0.39, 0.29) is 36.9 Å². The number of carbonyl (C=O) groups excluding carboxylic acids is 4. The van der Waals surface area contributed by atoms with Crippen molar-refractivity contribution in [2.24, 2.45) is 16.5 Å². The lowest BCUT2D eigenvalue weighted by atomic mass is 10.0. The molecule has 0 unspecified atom stereocenters. The molecule has 1 heterocycles. The first kappa shape index (κ1) is 41.9. The van der Waals surface area contributed by atoms with Crippen LogP contribution in [0.5, 0.6) is 0 Å². The highest BCUT2D eigenvalue weighted by molar-refractivity contribution is 5.95. The summed E-state index contributed by atoms with van der Waals surface area (Å²) in [6.45, 7) is 8.33. The minimum absolute atomic E-state index is 0.0262. The number of nitrogens with one attached hydrogen (secondary N) is 4. The highest BCUT2D eigenvalue weighted by atomic mass is 16.2. The van der Waals surface area contributed by atoms with Gasteiger partial charge in [-0.3, -0.25) is 24.2 Å². The van der Waals surface area contributed by atoms with Gasteiger partial charge in [-0.15, -0.1) is 0 Å². The zero-order chi connectivity index (χ0) is 40.7. The van der Waals surface area contributed by atoms with Crippen LogP contribution in [0.4, 0.5) is 11.4 Å². The van der Waals surface area contributed by atoms with Gasteiger partial charge < -0.3 is 37.6 Å². The summed E-state index contributed by atoms with van der Waals surface area (Å²) in [4.78, 5) is 59.3. The van der Waals surface area contributed by atoms with Crippen molar-refractivity contribution in [3.63, 3.8) is 0 Å². The number of primary amides is 1. The number of nitrogens with two attached hydrogens (primary N) is 2. The molecule has 298 valence electrons. The minimum Gasteiger partial charge on any atom is -0.386 e. The molecular formula is C45H54N8O4. The van der Waals surface area contributed by atoms with Gasteiger partial charge in [0.1, 0.15) is 29.8 Å². The number of hydrogen-bond acceptors (Lipinski definition) is 8. The second kappa shape index (κ2) is 20.6. The molecule has 12 nitrogen and oxygen atoms in total. The van der Waals surface area contributed by atoms with Crippen LogP contribution < -0.4 is 32.7 Å². The number of para-hydroxylation sites is 1. The Morgan fingerprint density at radius 3 is 2.04 bits per heavy atom. The molecule has 1 saturated heterocycles. The summed E-state index contributed by atoms with van der Waals surface area (Å²) in [5.41, 5.74) is 17.9. The molecule has 0 bridgehead atoms. The Bertz CT molecular complexity index is 2020. The molecule has 4 aromatic carbocycles. The summed E-state index contributed by atoms with van der Waals surface area (Å²) in [5.74, 6) is -0.645. The third-order valence-corrected chi connectivity index (χ3v) is 10.0. The van der Waals surface area contributed by atoms with Gasteiger partial charge in [0.2, 0.25) is 17.7 Å². The van der Waals surface area contributed by atoms with Gasteiger partial charge in [0.15, 0.2) is 5.78 Å². The van der Waals surface area contributed by atoms with Gasteiger partial charge in [0.05, 0.1) is 12.6 Å². The summed E-state index contributed by atoms with van der Waals surface area (Å²) in [5, 5.41) is 12.7. The van der Waals surface area contributed by atoms with E-state index in [0.29, 0.717) is 38.0 Å². The molecule has 0 aromatic heterocycles. The Labute approximate surface area is 335 Å². The van der Waals surface area contributed by atoms with Crippen LogP contribution in [0.15, 0.2) is 127 Å². The van der Waals surface area contributed by atoms with Crippen molar-refractivity contribution in [3.05, 3.63) is 144 Å². The Morgan fingerprint density at radius 2 is 1.42 bits per heavy atom. The number of carbonyl (C=O) groups is 4. The van der Waals surface area contributed by atoms with Crippen LogP contribution in [0.2, 0.25) is 0 Å². The molecule has 0 aliphatic carbocycles. The highest BCUT2D eigenvalue weighted by Gasteiger charge is 2.37. The minimum atomic E-state index is -0.944. The summed E-state index contributed by atoms with van der Waals surface area (Å²) in [6.07, 6.45) is 2.30. The quantitative estimate of drug-likeness (QED) is 0.0555. The highest BCUT2D eigenvalue weighted by Crippen LogP contribution is 2.20. The second-order valence-corrected chi connectivity index (χ2v) is 14.4. The Hall–Kier alpha value is -6.27. The van der Waals surface area contributed by atoms with E-state index in [0.717, 1.165) is 33.6 Å². The zero-order valence-electron chi connectivity index (χ0n) is 32.7. The predicted molar refractivity (Wildman–Crippen MR) is 226 cm³/mol. The topological polar surface area (TPSA) is 184 Å². The third-order valence-electron chi connectivity index (χ3n) is 10.0. The predicted octanol–water partition coefficient (Wildman–Crippen LogP) is 4.64. The van der Waals surface area contributed by atoms with Crippen molar-refractivity contribution in [1.29, 1.82) is 0 Å². The summed E-state index contributed by atoms with van der Waals surface area (Å²) in [6, 6.07) is 31.5. The first-order chi connectivity index (χ1) is 27.5. The van der Waals surface area contributed by atoms with E-state index in [1.165, 1.54) is 4.90 Å². The first-order valence-electron chi connectivity index (χ1n) is 19.4. The molecule has 57 heavy (non-hydrogen) atoms. The van der Waals surface area contributed by atoms with E-state index in [2.05, 4.69) is 32.8 Å². The molecule has 0 radical (unpaired) electrons. The number of ketones is 1. The molecule has 4 aromatic rings. The normalized spacial score (nSPS) is 15.6. The number of Topliss-reactive ketones (excluding diaryl/α,β-unsaturated/α-hetero) is 1. The van der Waals surface area contributed by atoms with E-state index in [1.807, 2.05) is 123 Å². The van der Waals surface area contributed by atoms with E-state index in [1.54, 1.807) is 0 Å². The van der Waals surface area contributed by atoms with Gasteiger partial charge in [-0.05, 0) is 73.1 Å². The van der Waals surface area contributed by atoms with Gasteiger partial charge >= 0.3 is 0 Å². The fourth-order valence-electron chi connectivity index (χ4n) is 6.89. The number of likely N-dealkylation sites (tertiary alicyclic amines) is 1. The van der Waals surface area contributed by atoms with E-state index in [9.17, 15) is 19.2 Å². The van der Waals surface area contributed by atoms with Crippen LogP contribution in [0.1, 0.15) is 48.4 Å². The molecular weight excluding hydrogens is 717 g/mol. The molecule has 3 amide bonds. The third kappa shape index (κ3) is 12.4. The summed E-state index contributed by atoms with van der Waals surface area (Å²) in [7, 11) is 0. The van der Waals surface area contributed by atoms with Crippen molar-refractivity contribution in [3.8, 4) is 0 Å². The Balaban J connectivity index is 1.24. The monoisotopic (exact) mass is 770 g/mol. The van der Waals surface area contributed by atoms with Crippen molar-refractivity contribution < 1.29 is 19.2 Å². The van der Waals surface area contributed by atoms with Gasteiger partial charge in [-0.25, -0.2) is 0 Å². The number of amidine groups is 1. The fourth-order valence-corrected chi connectivity index (χ4v) is 6.89. The molecule has 5 rings (SSSR count). The Morgan fingerprint density at radius 1 is 0.807 bits per heavy atom. The average molecular weight is 771 g/mol. The van der Waals surface area contributed by atoms with Crippen LogP contribution in [0, 0.1) is 6.92 Å². The van der Waals surface area contributed by atoms with E-state index in [4.69, 9.17) is 11.5 Å². The van der Waals surface area contributed by atoms with E-state index >= 15 is 0 Å². The van der Waals surface area contributed by atoms with Gasteiger partial charge in [0.25, 0.3) is 0 Å². The van der Waals surface area contributed by atoms with Crippen LogP contribution >= 0.6 is 0 Å². The standard InChI is InChI=1S/C45H54N8O4/c1-4-37(44(56)52-40(28-33-17-9-6-10-18-33)45(57)53-25-13-20-41(53)43(47)55)51-42(46)39(27-32-15-7-5-8-16-32)48-29-36(54)26-34-21-23-35(24-22-34)49-31(3)50-38-19-12-11-14-30(38)2/h5-12,14-19,21-24,37,39-41,48-50H,3-4,13,20,25-29H2,1-2H3,(H2,46,51)(H2,47,55)(H,52,56)/t37-,39-,40-,41+/m0/s1. The fraction of sp³-hybridized carbons (Fsp3) is 0.311. The summed E-state index contributed by atoms with van der Waals surface area (Å²) >= 11 is 0. The van der Waals surface area contributed by atoms with Crippen molar-refractivity contribution >= 4 is 40.7 Å². The number of hydrogen-bond donors (Lipinski definition) is 6. The lowest BCUT2D eigenvalue weighted by Gasteiger charge is -2.28. The van der Waals surface area contributed by atoms with Crippen molar-refractivity contribution in [1.82, 2.24) is 15.5 Å². The van der Waals surface area contributed by atoms with E-state index < -0.39 is 36.0 Å².